The molecule has 23 nitrogen and oxygen atoms in total. The second-order valence-corrected chi connectivity index (χ2v) is 21.0. The first-order chi connectivity index (χ1) is 37.2. The van der Waals surface area contributed by atoms with Crippen molar-refractivity contribution in [2.24, 2.45) is 23.7 Å². The predicted octanol–water partition coefficient (Wildman–Crippen LogP) is 3.16. The van der Waals surface area contributed by atoms with E-state index in [1.165, 1.54) is 24.0 Å². The number of aromatic amines is 2. The highest BCUT2D eigenvalue weighted by Gasteiger charge is 2.41. The summed E-state index contributed by atoms with van der Waals surface area (Å²) in [5.74, 6) is -5.00. The lowest BCUT2D eigenvalue weighted by Crippen LogP contribution is -2.53. The third-order valence-corrected chi connectivity index (χ3v) is 14.2. The summed E-state index contributed by atoms with van der Waals surface area (Å²) in [5, 5.41) is 31.9. The number of likely N-dealkylation sites (tertiary alicyclic amines) is 2. The molecule has 8 atom stereocenters. The number of rotatable bonds is 28. The van der Waals surface area contributed by atoms with Crippen LogP contribution in [0.1, 0.15) is 101 Å². The van der Waals surface area contributed by atoms with Crippen molar-refractivity contribution in [2.75, 3.05) is 53.7 Å². The molecule has 8 N–H and O–H groups in total. The van der Waals surface area contributed by atoms with Gasteiger partial charge in [0.15, 0.2) is 11.6 Å². The number of aliphatic hydroxyl groups excluding tert-OH is 2. The van der Waals surface area contributed by atoms with Crippen LogP contribution in [0.4, 0.5) is 4.79 Å². The average molecular weight is 1090 g/mol. The number of nitrogens with zero attached hydrogens (tertiary/aromatic N) is 2. The number of carbonyl (C=O) groups is 9. The zero-order chi connectivity index (χ0) is 57.0. The number of hydrogen-bond acceptors (Lipinski definition) is 15. The summed E-state index contributed by atoms with van der Waals surface area (Å²) in [4.78, 5) is 130. The van der Waals surface area contributed by atoms with E-state index < -0.39 is 103 Å². The van der Waals surface area contributed by atoms with Crippen LogP contribution in [-0.4, -0.2) is 173 Å². The van der Waals surface area contributed by atoms with E-state index in [1.54, 1.807) is 62.4 Å². The van der Waals surface area contributed by atoms with Crippen LogP contribution in [0.3, 0.4) is 0 Å². The van der Waals surface area contributed by atoms with Gasteiger partial charge < -0.3 is 70.2 Å². The fourth-order valence-electron chi connectivity index (χ4n) is 10.0. The number of hydrogen-bond donors (Lipinski definition) is 8. The lowest BCUT2D eigenvalue weighted by molar-refractivity contribution is -0.135. The van der Waals surface area contributed by atoms with Gasteiger partial charge in [-0.05, 0) is 101 Å². The molecular weight excluding hydrogens is 1010 g/mol. The number of methoxy groups -OCH3 is 2. The Morgan fingerprint density at radius 1 is 0.590 bits per heavy atom. The Bertz CT molecular complexity index is 2640. The summed E-state index contributed by atoms with van der Waals surface area (Å²) in [6.45, 7) is 9.02. The molecule has 23 heteroatoms. The molecular formula is C55H74N8O15. The van der Waals surface area contributed by atoms with Crippen molar-refractivity contribution >= 4 is 75.0 Å². The van der Waals surface area contributed by atoms with E-state index in [2.05, 4.69) is 31.2 Å². The van der Waals surface area contributed by atoms with Crippen molar-refractivity contribution in [3.8, 4) is 11.5 Å². The smallest absolute Gasteiger partial charge is 0.496 e. The summed E-state index contributed by atoms with van der Waals surface area (Å²) < 4.78 is 21.5. The van der Waals surface area contributed by atoms with Crippen molar-refractivity contribution in [1.82, 2.24) is 41.0 Å². The molecule has 6 amide bonds. The Balaban J connectivity index is 0.963. The zero-order valence-electron chi connectivity index (χ0n) is 45.5. The van der Waals surface area contributed by atoms with Crippen LogP contribution < -0.4 is 30.7 Å². The van der Waals surface area contributed by atoms with Crippen LogP contribution in [0.5, 0.6) is 11.5 Å². The van der Waals surface area contributed by atoms with E-state index in [0.29, 0.717) is 46.1 Å². The molecule has 0 unspecified atom stereocenters. The van der Waals surface area contributed by atoms with Gasteiger partial charge in [-0.3, -0.25) is 38.4 Å². The fraction of sp³-hybridized carbons (Fsp3) is 0.545. The molecule has 0 aliphatic carbocycles. The zero-order valence-corrected chi connectivity index (χ0v) is 45.5. The summed E-state index contributed by atoms with van der Waals surface area (Å²) in [7, 11) is 3.03. The van der Waals surface area contributed by atoms with Crippen LogP contribution in [0.2, 0.25) is 0 Å². The predicted molar refractivity (Wildman–Crippen MR) is 284 cm³/mol. The standard InChI is InChI=1S/C55H74N8O15/c1-29(2)19-41(60-51(70)43-23-35-37(56-43)11-9-13-47(35)75-7)49(68)58-39(45(66)25-64)21-33-15-17-62(53(33)72)31(5)27-77-55(74)78-28-32(6)63-18-16-34(54(63)73)22-40(46(67)26-65)59-50(69)42(20-30(3)4)61-52(71)44-24-36-38(57-44)12-10-14-48(36)76-8/h9-14,23-24,29-34,39-42,56-57,64-65H,15-22,25-28H2,1-8H3,(H,58,68)(H,59,69)(H,60,70)(H,61,71)/t31-,32-,33-,34-,39-,40-,41-,42-/m0/s1. The number of amides is 6. The average Bonchev–Trinajstić information content (AvgIpc) is 4.24. The summed E-state index contributed by atoms with van der Waals surface area (Å²) in [6, 6.07) is 7.98. The lowest BCUT2D eigenvalue weighted by Gasteiger charge is -2.27. The highest BCUT2D eigenvalue weighted by atomic mass is 16.7. The maximum atomic E-state index is 13.8. The highest BCUT2D eigenvalue weighted by molar-refractivity contribution is 6.03. The summed E-state index contributed by atoms with van der Waals surface area (Å²) >= 11 is 0. The van der Waals surface area contributed by atoms with Crippen LogP contribution in [-0.2, 0) is 38.2 Å². The number of ether oxygens (including phenoxy) is 4. The van der Waals surface area contributed by atoms with E-state index in [0.717, 1.165) is 0 Å². The Hall–Kier alpha value is -7.53. The third-order valence-electron chi connectivity index (χ3n) is 14.2. The van der Waals surface area contributed by atoms with Gasteiger partial charge in [0.2, 0.25) is 23.6 Å². The minimum atomic E-state index is -1.25. The number of benzene rings is 2. The molecule has 2 aliphatic rings. The number of nitrogens with one attached hydrogen (secondary N) is 6. The second-order valence-electron chi connectivity index (χ2n) is 21.0. The maximum absolute atomic E-state index is 13.8. The first-order valence-corrected chi connectivity index (χ1v) is 26.4. The summed E-state index contributed by atoms with van der Waals surface area (Å²) in [6.07, 6.45) is -0.237. The number of Topliss-reactive ketones (excluding diaryl/α,β-unsaturated/α-hetero) is 2. The quantitative estimate of drug-likeness (QED) is 0.0379. The fourth-order valence-corrected chi connectivity index (χ4v) is 10.0. The second kappa shape index (κ2) is 27.2. The normalized spacial score (nSPS) is 17.8. The van der Waals surface area contributed by atoms with Crippen LogP contribution in [0.15, 0.2) is 48.5 Å². The SMILES string of the molecule is COc1cccc2[nH]c(C(=O)N[C@@H](CC(C)C)C(=O)N[C@@H](C[C@@H]3CCN([C@@H](C)COC(=O)OC[C@H](C)N4CC[C@@H](C[C@H](NC(=O)[C@H](CC(C)C)NC(=O)c5cc6c(OC)cccc6[nH]5)C(=O)CO)C4=O)C3=O)C(=O)CO)cc12. The summed E-state index contributed by atoms with van der Waals surface area (Å²) in [5.41, 5.74) is 1.70. The molecule has 424 valence electrons. The van der Waals surface area contributed by atoms with E-state index in [9.17, 15) is 53.4 Å². The van der Waals surface area contributed by atoms with Gasteiger partial charge in [-0.2, -0.15) is 0 Å². The minimum Gasteiger partial charge on any atom is -0.496 e. The number of carbonyl (C=O) groups excluding carboxylic acids is 9. The number of fused-ring (bicyclic) bond motifs is 2. The van der Waals surface area contributed by atoms with Gasteiger partial charge in [0.05, 0.1) is 38.4 Å². The molecule has 0 bridgehead atoms. The highest BCUT2D eigenvalue weighted by Crippen LogP contribution is 2.30. The first-order valence-electron chi connectivity index (χ1n) is 26.4. The van der Waals surface area contributed by atoms with Gasteiger partial charge in [0.1, 0.15) is 61.4 Å². The Morgan fingerprint density at radius 2 is 0.974 bits per heavy atom. The number of ketones is 2. The van der Waals surface area contributed by atoms with Crippen molar-refractivity contribution in [3.63, 3.8) is 0 Å². The number of aliphatic hydroxyl groups is 2. The van der Waals surface area contributed by atoms with Gasteiger partial charge >= 0.3 is 6.16 Å². The van der Waals surface area contributed by atoms with Crippen LogP contribution in [0, 0.1) is 23.7 Å². The molecule has 4 aromatic rings. The van der Waals surface area contributed by atoms with E-state index in [1.807, 2.05) is 27.7 Å². The van der Waals surface area contributed by atoms with Crippen LogP contribution in [0.25, 0.3) is 21.8 Å². The molecule has 2 aliphatic heterocycles. The molecule has 4 heterocycles. The molecule has 2 saturated heterocycles. The van der Waals surface area contributed by atoms with Crippen molar-refractivity contribution < 1.29 is 72.3 Å². The topological polar surface area (TPSA) is 317 Å². The molecule has 0 radical (unpaired) electrons. The Kier molecular flexibility index (Phi) is 20.8. The van der Waals surface area contributed by atoms with Crippen molar-refractivity contribution in [2.45, 2.75) is 116 Å². The largest absolute Gasteiger partial charge is 0.508 e. The molecule has 6 rings (SSSR count). The van der Waals surface area contributed by atoms with Gasteiger partial charge in [0.25, 0.3) is 11.8 Å². The van der Waals surface area contributed by atoms with Crippen molar-refractivity contribution in [1.29, 1.82) is 0 Å². The molecule has 78 heavy (non-hydrogen) atoms. The third kappa shape index (κ3) is 14.9. The Labute approximate surface area is 452 Å². The first kappa shape index (κ1) is 59.7. The molecule has 0 saturated carbocycles. The minimum absolute atomic E-state index is 0.0457. The van der Waals surface area contributed by atoms with Gasteiger partial charge in [0, 0.05) is 46.7 Å². The molecule has 2 fully saturated rings. The number of H-pyrrole nitrogens is 2. The van der Waals surface area contributed by atoms with Gasteiger partial charge in [-0.15, -0.1) is 0 Å². The monoisotopic (exact) mass is 1090 g/mol. The van der Waals surface area contributed by atoms with E-state index in [4.69, 9.17) is 18.9 Å². The molecule has 2 aromatic heterocycles. The van der Waals surface area contributed by atoms with E-state index >= 15 is 0 Å². The lowest BCUT2D eigenvalue weighted by atomic mass is 9.95. The Morgan fingerprint density at radius 3 is 1.32 bits per heavy atom. The maximum Gasteiger partial charge on any atom is 0.508 e. The van der Waals surface area contributed by atoms with Gasteiger partial charge in [-0.1, -0.05) is 39.8 Å². The van der Waals surface area contributed by atoms with Crippen molar-refractivity contribution in [3.05, 3.63) is 59.9 Å². The van der Waals surface area contributed by atoms with Gasteiger partial charge in [-0.25, -0.2) is 4.79 Å². The number of aromatic nitrogens is 2. The molecule has 0 spiro atoms. The van der Waals surface area contributed by atoms with Crippen LogP contribution >= 0.6 is 0 Å². The molecule has 2 aromatic carbocycles. The van der Waals surface area contributed by atoms with E-state index in [-0.39, 0.29) is 87.0 Å².